The SMILES string of the molecule is CC(C)CC(=O)Nc1ccc(NC(=O)C(c2ccccc2)N2CCCC2)cc1. The van der Waals surface area contributed by atoms with E-state index < -0.39 is 0 Å². The van der Waals surface area contributed by atoms with Crippen LogP contribution in [0.4, 0.5) is 11.4 Å². The molecule has 2 aromatic rings. The van der Waals surface area contributed by atoms with Crippen LogP contribution in [0.5, 0.6) is 0 Å². The molecule has 3 rings (SSSR count). The lowest BCUT2D eigenvalue weighted by Crippen LogP contribution is -2.35. The molecule has 2 N–H and O–H groups in total. The van der Waals surface area contributed by atoms with Crippen molar-refractivity contribution in [1.29, 1.82) is 0 Å². The molecule has 1 heterocycles. The third kappa shape index (κ3) is 5.42. The van der Waals surface area contributed by atoms with Gasteiger partial charge in [-0.1, -0.05) is 44.2 Å². The summed E-state index contributed by atoms with van der Waals surface area (Å²) in [6.45, 7) is 5.91. The summed E-state index contributed by atoms with van der Waals surface area (Å²) in [5.41, 5.74) is 2.48. The summed E-state index contributed by atoms with van der Waals surface area (Å²) >= 11 is 0. The summed E-state index contributed by atoms with van der Waals surface area (Å²) in [5, 5.41) is 5.92. The molecule has 1 unspecified atom stereocenters. The lowest BCUT2D eigenvalue weighted by Gasteiger charge is -2.27. The fraction of sp³-hybridized carbons (Fsp3) is 0.391. The minimum absolute atomic E-state index is 0.00459. The van der Waals surface area contributed by atoms with Crippen molar-refractivity contribution in [3.05, 3.63) is 60.2 Å². The van der Waals surface area contributed by atoms with Crippen molar-refractivity contribution in [2.45, 2.75) is 39.2 Å². The van der Waals surface area contributed by atoms with E-state index in [0.717, 1.165) is 42.9 Å². The Labute approximate surface area is 167 Å². The first kappa shape index (κ1) is 20.1. The maximum atomic E-state index is 13.1. The first-order valence-corrected chi connectivity index (χ1v) is 10.0. The fourth-order valence-corrected chi connectivity index (χ4v) is 3.59. The highest BCUT2D eigenvalue weighted by atomic mass is 16.2. The molecule has 0 saturated carbocycles. The van der Waals surface area contributed by atoms with E-state index >= 15 is 0 Å². The molecule has 28 heavy (non-hydrogen) atoms. The maximum Gasteiger partial charge on any atom is 0.246 e. The Kier molecular flexibility index (Phi) is 6.82. The fourth-order valence-electron chi connectivity index (χ4n) is 3.59. The Hall–Kier alpha value is -2.66. The zero-order valence-corrected chi connectivity index (χ0v) is 16.7. The van der Waals surface area contributed by atoms with Gasteiger partial charge in [-0.25, -0.2) is 0 Å². The minimum Gasteiger partial charge on any atom is -0.326 e. The van der Waals surface area contributed by atoms with E-state index in [1.807, 2.05) is 68.4 Å². The van der Waals surface area contributed by atoms with Crippen LogP contribution in [-0.2, 0) is 9.59 Å². The Morgan fingerprint density at radius 2 is 1.46 bits per heavy atom. The van der Waals surface area contributed by atoms with Crippen molar-refractivity contribution in [2.75, 3.05) is 23.7 Å². The van der Waals surface area contributed by atoms with Gasteiger partial charge in [-0.3, -0.25) is 14.5 Å². The largest absolute Gasteiger partial charge is 0.326 e. The first-order valence-electron chi connectivity index (χ1n) is 10.0. The number of benzene rings is 2. The third-order valence-corrected chi connectivity index (χ3v) is 4.90. The standard InChI is InChI=1S/C23H29N3O2/c1-17(2)16-21(27)24-19-10-12-20(13-11-19)25-23(28)22(26-14-6-7-15-26)18-8-4-3-5-9-18/h3-5,8-13,17,22H,6-7,14-16H2,1-2H3,(H,24,27)(H,25,28). The lowest BCUT2D eigenvalue weighted by molar-refractivity contribution is -0.121. The Balaban J connectivity index is 1.67. The van der Waals surface area contributed by atoms with Crippen LogP contribution in [0.1, 0.15) is 44.7 Å². The predicted octanol–water partition coefficient (Wildman–Crippen LogP) is 4.45. The van der Waals surface area contributed by atoms with Crippen LogP contribution in [0, 0.1) is 5.92 Å². The quantitative estimate of drug-likeness (QED) is 0.747. The molecule has 0 bridgehead atoms. The maximum absolute atomic E-state index is 13.1. The van der Waals surface area contributed by atoms with E-state index in [1.54, 1.807) is 0 Å². The Morgan fingerprint density at radius 1 is 0.893 bits per heavy atom. The predicted molar refractivity (Wildman–Crippen MR) is 113 cm³/mol. The number of hydrogen-bond acceptors (Lipinski definition) is 3. The summed E-state index contributed by atoms with van der Waals surface area (Å²) in [6, 6.07) is 16.9. The summed E-state index contributed by atoms with van der Waals surface area (Å²) in [6.07, 6.45) is 2.75. The number of anilines is 2. The minimum atomic E-state index is -0.283. The van der Waals surface area contributed by atoms with Gasteiger partial charge < -0.3 is 10.6 Å². The number of carbonyl (C=O) groups excluding carboxylic acids is 2. The molecule has 148 valence electrons. The van der Waals surface area contributed by atoms with E-state index in [1.165, 1.54) is 0 Å². The van der Waals surface area contributed by atoms with Crippen molar-refractivity contribution in [3.63, 3.8) is 0 Å². The Morgan fingerprint density at radius 3 is 2.04 bits per heavy atom. The summed E-state index contributed by atoms with van der Waals surface area (Å²) in [5.74, 6) is 0.300. The van der Waals surface area contributed by atoms with E-state index in [-0.39, 0.29) is 17.9 Å². The molecule has 2 aromatic carbocycles. The second-order valence-corrected chi connectivity index (χ2v) is 7.77. The van der Waals surface area contributed by atoms with Crippen molar-refractivity contribution in [3.8, 4) is 0 Å². The first-order chi connectivity index (χ1) is 13.5. The molecule has 2 amide bonds. The molecule has 1 aliphatic heterocycles. The van der Waals surface area contributed by atoms with Gasteiger partial charge >= 0.3 is 0 Å². The number of rotatable bonds is 7. The van der Waals surface area contributed by atoms with Gasteiger partial charge in [-0.2, -0.15) is 0 Å². The van der Waals surface area contributed by atoms with Crippen LogP contribution in [0.25, 0.3) is 0 Å². The number of hydrogen-bond donors (Lipinski definition) is 2. The average molecular weight is 380 g/mol. The summed E-state index contributed by atoms with van der Waals surface area (Å²) in [7, 11) is 0. The van der Waals surface area contributed by atoms with Crippen molar-refractivity contribution in [1.82, 2.24) is 4.90 Å². The van der Waals surface area contributed by atoms with E-state index in [9.17, 15) is 9.59 Å². The normalized spacial score (nSPS) is 15.4. The van der Waals surface area contributed by atoms with Crippen LogP contribution in [0.2, 0.25) is 0 Å². The molecule has 5 heteroatoms. The smallest absolute Gasteiger partial charge is 0.246 e. The van der Waals surface area contributed by atoms with E-state index in [0.29, 0.717) is 12.3 Å². The third-order valence-electron chi connectivity index (χ3n) is 4.90. The highest BCUT2D eigenvalue weighted by Crippen LogP contribution is 2.27. The molecule has 0 spiro atoms. The number of nitrogens with one attached hydrogen (secondary N) is 2. The molecular formula is C23H29N3O2. The molecule has 0 aliphatic carbocycles. The number of nitrogens with zero attached hydrogens (tertiary/aromatic N) is 1. The van der Waals surface area contributed by atoms with Gasteiger partial charge in [-0.15, -0.1) is 0 Å². The van der Waals surface area contributed by atoms with Gasteiger partial charge in [0.1, 0.15) is 6.04 Å². The summed E-state index contributed by atoms with van der Waals surface area (Å²) < 4.78 is 0. The summed E-state index contributed by atoms with van der Waals surface area (Å²) in [4.78, 5) is 27.2. The molecule has 1 fully saturated rings. The highest BCUT2D eigenvalue weighted by Gasteiger charge is 2.29. The van der Waals surface area contributed by atoms with Crippen LogP contribution in [0.15, 0.2) is 54.6 Å². The van der Waals surface area contributed by atoms with Crippen molar-refractivity contribution < 1.29 is 9.59 Å². The molecule has 1 atom stereocenters. The number of carbonyl (C=O) groups is 2. The van der Waals surface area contributed by atoms with Gasteiger partial charge in [0, 0.05) is 17.8 Å². The van der Waals surface area contributed by atoms with Gasteiger partial charge in [0.25, 0.3) is 0 Å². The van der Waals surface area contributed by atoms with Crippen LogP contribution >= 0.6 is 0 Å². The van der Waals surface area contributed by atoms with Crippen molar-refractivity contribution >= 4 is 23.2 Å². The second kappa shape index (κ2) is 9.51. The molecular weight excluding hydrogens is 350 g/mol. The van der Waals surface area contributed by atoms with Crippen LogP contribution in [-0.4, -0.2) is 29.8 Å². The molecule has 0 radical (unpaired) electrons. The molecule has 5 nitrogen and oxygen atoms in total. The Bertz CT molecular complexity index is 781. The monoisotopic (exact) mass is 379 g/mol. The molecule has 1 saturated heterocycles. The van der Waals surface area contributed by atoms with E-state index in [4.69, 9.17) is 0 Å². The second-order valence-electron chi connectivity index (χ2n) is 7.77. The van der Waals surface area contributed by atoms with Crippen molar-refractivity contribution in [2.24, 2.45) is 5.92 Å². The van der Waals surface area contributed by atoms with E-state index in [2.05, 4.69) is 15.5 Å². The highest BCUT2D eigenvalue weighted by molar-refractivity contribution is 5.96. The topological polar surface area (TPSA) is 61.4 Å². The van der Waals surface area contributed by atoms with Gasteiger partial charge in [0.15, 0.2) is 0 Å². The van der Waals surface area contributed by atoms with Gasteiger partial charge in [0.2, 0.25) is 11.8 Å². The van der Waals surface area contributed by atoms with Crippen LogP contribution < -0.4 is 10.6 Å². The zero-order chi connectivity index (χ0) is 19.9. The lowest BCUT2D eigenvalue weighted by atomic mass is 10.0. The molecule has 0 aromatic heterocycles. The number of amides is 2. The zero-order valence-electron chi connectivity index (χ0n) is 16.7. The molecule has 1 aliphatic rings. The average Bonchev–Trinajstić information content (AvgIpc) is 3.18. The van der Waals surface area contributed by atoms with Crippen LogP contribution in [0.3, 0.4) is 0 Å². The van der Waals surface area contributed by atoms with Gasteiger partial charge in [0.05, 0.1) is 0 Å². The van der Waals surface area contributed by atoms with Gasteiger partial charge in [-0.05, 0) is 61.7 Å². The number of likely N-dealkylation sites (tertiary alicyclic amines) is 1.